The molecule has 0 radical (unpaired) electrons. The second-order valence-electron chi connectivity index (χ2n) is 18.5. The summed E-state index contributed by atoms with van der Waals surface area (Å²) in [6.45, 7) is 6.46. The lowest BCUT2D eigenvalue weighted by atomic mass is 10.0. The number of ether oxygens (including phenoxy) is 3. The molecule has 0 spiro atoms. The van der Waals surface area contributed by atoms with Crippen molar-refractivity contribution in [1.29, 1.82) is 0 Å². The molecule has 0 rings (SSSR count). The van der Waals surface area contributed by atoms with Gasteiger partial charge in [0.25, 0.3) is 0 Å². The van der Waals surface area contributed by atoms with Crippen molar-refractivity contribution in [2.75, 3.05) is 13.2 Å². The molecular formula is C59H104O6. The van der Waals surface area contributed by atoms with E-state index < -0.39 is 6.10 Å². The monoisotopic (exact) mass is 909 g/mol. The molecule has 0 saturated carbocycles. The van der Waals surface area contributed by atoms with E-state index in [0.717, 1.165) is 70.6 Å². The van der Waals surface area contributed by atoms with E-state index in [2.05, 4.69) is 69.4 Å². The molecule has 0 amide bonds. The normalized spacial score (nSPS) is 12.5. The molecule has 0 aliphatic rings. The van der Waals surface area contributed by atoms with Gasteiger partial charge in [-0.1, -0.05) is 248 Å². The molecule has 1 unspecified atom stereocenters. The minimum absolute atomic E-state index is 0.103. The molecule has 0 fully saturated rings. The van der Waals surface area contributed by atoms with Crippen LogP contribution in [0.3, 0.4) is 0 Å². The molecule has 65 heavy (non-hydrogen) atoms. The summed E-state index contributed by atoms with van der Waals surface area (Å²) < 4.78 is 16.7. The van der Waals surface area contributed by atoms with Gasteiger partial charge in [0.05, 0.1) is 0 Å². The summed E-state index contributed by atoms with van der Waals surface area (Å²) in [5, 5.41) is 0. The Kier molecular flexibility index (Phi) is 51.3. The largest absolute Gasteiger partial charge is 0.462 e. The van der Waals surface area contributed by atoms with Crippen LogP contribution in [-0.4, -0.2) is 37.2 Å². The molecule has 0 aromatic heterocycles. The lowest BCUT2D eigenvalue weighted by molar-refractivity contribution is -0.166. The smallest absolute Gasteiger partial charge is 0.306 e. The van der Waals surface area contributed by atoms with Crippen LogP contribution in [0.5, 0.6) is 0 Å². The molecule has 6 nitrogen and oxygen atoms in total. The van der Waals surface area contributed by atoms with Gasteiger partial charge in [-0.15, -0.1) is 0 Å². The van der Waals surface area contributed by atoms with E-state index in [-0.39, 0.29) is 37.5 Å². The van der Waals surface area contributed by atoms with Gasteiger partial charge in [0.1, 0.15) is 13.2 Å². The number of unbranched alkanes of at least 4 members (excludes halogenated alkanes) is 29. The number of esters is 3. The van der Waals surface area contributed by atoms with Crippen LogP contribution in [0.1, 0.15) is 278 Å². The van der Waals surface area contributed by atoms with Crippen LogP contribution in [-0.2, 0) is 28.6 Å². The topological polar surface area (TPSA) is 78.9 Å². The van der Waals surface area contributed by atoms with E-state index in [1.54, 1.807) is 0 Å². The predicted octanol–water partition coefficient (Wildman–Crippen LogP) is 18.4. The maximum atomic E-state index is 12.8. The van der Waals surface area contributed by atoms with Gasteiger partial charge >= 0.3 is 17.9 Å². The number of allylic oxidation sites excluding steroid dienone is 10. The summed E-state index contributed by atoms with van der Waals surface area (Å²) in [5.74, 6) is -0.986. The standard InChI is InChI=1S/C59H104O6/c1-4-7-10-13-16-19-22-25-26-27-28-29-30-31-32-35-37-40-43-46-49-52-58(61)64-55-56(65-59(62)53-50-47-44-41-38-34-24-21-18-15-12-9-6-3)54-63-57(60)51-48-45-42-39-36-33-23-20-17-14-11-8-5-2/h9,12,18,20-21,23,34,38,44,47,56H,4-8,10-11,13-17,19,22,24-33,35-37,39-43,45-46,48-55H2,1-3H3/b12-9-,21-18-,23-20-,38-34-,47-44-. The molecule has 0 N–H and O–H groups in total. The van der Waals surface area contributed by atoms with Crippen LogP contribution in [0, 0.1) is 0 Å². The van der Waals surface area contributed by atoms with Gasteiger partial charge in [-0.2, -0.15) is 0 Å². The average molecular weight is 909 g/mol. The van der Waals surface area contributed by atoms with Crippen molar-refractivity contribution in [3.63, 3.8) is 0 Å². The molecule has 0 bridgehead atoms. The van der Waals surface area contributed by atoms with Crippen molar-refractivity contribution in [2.45, 2.75) is 284 Å². The fraction of sp³-hybridized carbons (Fsp3) is 0.780. The van der Waals surface area contributed by atoms with Crippen LogP contribution in [0.15, 0.2) is 60.8 Å². The van der Waals surface area contributed by atoms with Crippen LogP contribution >= 0.6 is 0 Å². The third kappa shape index (κ3) is 51.9. The molecule has 0 aliphatic carbocycles. The molecule has 0 aromatic rings. The van der Waals surface area contributed by atoms with Gasteiger partial charge in [0.15, 0.2) is 6.10 Å². The first kappa shape index (κ1) is 62.1. The first-order valence-electron chi connectivity index (χ1n) is 27.8. The summed E-state index contributed by atoms with van der Waals surface area (Å²) in [5.41, 5.74) is 0. The predicted molar refractivity (Wildman–Crippen MR) is 279 cm³/mol. The Morgan fingerprint density at radius 2 is 0.631 bits per heavy atom. The van der Waals surface area contributed by atoms with Crippen LogP contribution in [0.2, 0.25) is 0 Å². The van der Waals surface area contributed by atoms with Crippen molar-refractivity contribution < 1.29 is 28.6 Å². The average Bonchev–Trinajstić information content (AvgIpc) is 3.30. The summed E-state index contributed by atoms with van der Waals surface area (Å²) in [4.78, 5) is 38.0. The Balaban J connectivity index is 4.34. The molecule has 0 aliphatic heterocycles. The number of carbonyl (C=O) groups excluding carboxylic acids is 3. The fourth-order valence-electron chi connectivity index (χ4n) is 7.86. The lowest BCUT2D eigenvalue weighted by Gasteiger charge is -2.18. The van der Waals surface area contributed by atoms with Crippen molar-refractivity contribution in [1.82, 2.24) is 0 Å². The van der Waals surface area contributed by atoms with Gasteiger partial charge in [-0.3, -0.25) is 14.4 Å². The number of hydrogen-bond donors (Lipinski definition) is 0. The van der Waals surface area contributed by atoms with E-state index in [9.17, 15) is 14.4 Å². The van der Waals surface area contributed by atoms with Gasteiger partial charge in [-0.05, 0) is 70.6 Å². The van der Waals surface area contributed by atoms with E-state index in [0.29, 0.717) is 19.3 Å². The number of rotatable bonds is 50. The van der Waals surface area contributed by atoms with Crippen molar-refractivity contribution >= 4 is 17.9 Å². The van der Waals surface area contributed by atoms with E-state index in [1.807, 2.05) is 12.2 Å². The Morgan fingerprint density at radius 3 is 1.02 bits per heavy atom. The number of hydrogen-bond acceptors (Lipinski definition) is 6. The highest BCUT2D eigenvalue weighted by molar-refractivity contribution is 5.71. The van der Waals surface area contributed by atoms with Crippen LogP contribution in [0.25, 0.3) is 0 Å². The highest BCUT2D eigenvalue weighted by Gasteiger charge is 2.19. The van der Waals surface area contributed by atoms with Gasteiger partial charge < -0.3 is 14.2 Å². The second kappa shape index (κ2) is 53.7. The summed E-state index contributed by atoms with van der Waals surface area (Å²) >= 11 is 0. The third-order valence-corrected chi connectivity index (χ3v) is 12.0. The zero-order valence-electron chi connectivity index (χ0n) is 43.0. The zero-order valence-corrected chi connectivity index (χ0v) is 43.0. The van der Waals surface area contributed by atoms with E-state index >= 15 is 0 Å². The summed E-state index contributed by atoms with van der Waals surface area (Å²) in [6, 6.07) is 0. The highest BCUT2D eigenvalue weighted by Crippen LogP contribution is 2.16. The van der Waals surface area contributed by atoms with Gasteiger partial charge in [0.2, 0.25) is 0 Å². The SMILES string of the molecule is CC/C=C\C/C=C\C/C=C\C/C=C\CCC(=O)OC(COC(=O)CCCCCCC/C=C\CCCCCC)COC(=O)CCCCCCCCCCCCCCCCCCCCCCC. The fourth-order valence-corrected chi connectivity index (χ4v) is 7.86. The Morgan fingerprint density at radius 1 is 0.323 bits per heavy atom. The maximum Gasteiger partial charge on any atom is 0.306 e. The van der Waals surface area contributed by atoms with Crippen LogP contribution in [0.4, 0.5) is 0 Å². The Bertz CT molecular complexity index is 1180. The van der Waals surface area contributed by atoms with Crippen LogP contribution < -0.4 is 0 Å². The first-order valence-corrected chi connectivity index (χ1v) is 27.8. The molecule has 0 saturated heterocycles. The lowest BCUT2D eigenvalue weighted by Crippen LogP contribution is -2.30. The molecular weight excluding hydrogens is 805 g/mol. The minimum Gasteiger partial charge on any atom is -0.462 e. The third-order valence-electron chi connectivity index (χ3n) is 12.0. The molecule has 0 aromatic carbocycles. The Labute approximate surface area is 402 Å². The van der Waals surface area contributed by atoms with E-state index in [4.69, 9.17) is 14.2 Å². The van der Waals surface area contributed by atoms with Crippen molar-refractivity contribution in [3.8, 4) is 0 Å². The van der Waals surface area contributed by atoms with Crippen molar-refractivity contribution in [2.24, 2.45) is 0 Å². The molecule has 376 valence electrons. The first-order chi connectivity index (χ1) is 32.0. The van der Waals surface area contributed by atoms with Gasteiger partial charge in [0, 0.05) is 19.3 Å². The molecule has 1 atom stereocenters. The summed E-state index contributed by atoms with van der Waals surface area (Å²) in [6.07, 6.45) is 66.6. The Hall–Kier alpha value is -2.89. The zero-order chi connectivity index (χ0) is 47.2. The van der Waals surface area contributed by atoms with Gasteiger partial charge in [-0.25, -0.2) is 0 Å². The van der Waals surface area contributed by atoms with Crippen molar-refractivity contribution in [3.05, 3.63) is 60.8 Å². The van der Waals surface area contributed by atoms with E-state index in [1.165, 1.54) is 161 Å². The quantitative estimate of drug-likeness (QED) is 0.0262. The molecule has 6 heteroatoms. The summed E-state index contributed by atoms with van der Waals surface area (Å²) in [7, 11) is 0. The second-order valence-corrected chi connectivity index (χ2v) is 18.5. The highest BCUT2D eigenvalue weighted by atomic mass is 16.6. The maximum absolute atomic E-state index is 12.8. The number of carbonyl (C=O) groups is 3. The molecule has 0 heterocycles. The minimum atomic E-state index is -0.813.